The van der Waals surface area contributed by atoms with Gasteiger partial charge in [0.1, 0.15) is 18.4 Å². The van der Waals surface area contributed by atoms with Gasteiger partial charge in [0.15, 0.2) is 5.78 Å². The number of nitrogens with zero attached hydrogens (tertiary/aromatic N) is 1. The summed E-state index contributed by atoms with van der Waals surface area (Å²) >= 11 is 0. The smallest absolute Gasteiger partial charge is 0.240 e. The Labute approximate surface area is 313 Å². The highest BCUT2D eigenvalue weighted by Gasteiger charge is 2.78. The summed E-state index contributed by atoms with van der Waals surface area (Å²) in [7, 11) is 1.69. The molecule has 3 saturated heterocycles. The number of allylic oxidation sites excluding steroid dienone is 1. The fourth-order valence-corrected chi connectivity index (χ4v) is 13.9. The van der Waals surface area contributed by atoms with Crippen LogP contribution in [0.5, 0.6) is 0 Å². The Morgan fingerprint density at radius 3 is 2.57 bits per heavy atom. The summed E-state index contributed by atoms with van der Waals surface area (Å²) in [6.07, 6.45) is 3.03. The van der Waals surface area contributed by atoms with Gasteiger partial charge in [0.2, 0.25) is 5.91 Å². The van der Waals surface area contributed by atoms with E-state index in [2.05, 4.69) is 31.0 Å². The highest BCUT2D eigenvalue weighted by molar-refractivity contribution is 6.01. The molecular formula is C42H60N2O9. The molecule has 1 spiro atoms. The van der Waals surface area contributed by atoms with E-state index in [0.717, 1.165) is 30.4 Å². The van der Waals surface area contributed by atoms with Gasteiger partial charge in [-0.15, -0.1) is 5.92 Å². The Hall–Kier alpha value is -1.88. The molecule has 3 saturated carbocycles. The summed E-state index contributed by atoms with van der Waals surface area (Å²) in [5.74, 6) is 6.07. The number of carbonyl (C=O) groups excluding carboxylic acids is 2. The Balaban J connectivity index is 1.17. The minimum Gasteiger partial charge on any atom is -0.387 e. The standard InChI is InChI=1S/C42H60N2O9/c1-22-27-20-29-37(48)44-21-24(44)8-6-12-41-15-14-39(3)30(40(4,49)35(46)32(22)53-33(27)36(47)43-29)18-23-9-10-26(34(41)42(23,39)50)31(45)28-19-25(11-13-38(28,41)2)52-17-7-16-51-5/h22-25,27-30,32-33,35-36,43,46-47,49-50H,7-11,13-21H2,1-5H3/t22-,23+,24+,25+,27-,28+,29+,30+,32+,33+,35-,36+,38+,39-,40+,41+,42-,44?/m1/s1. The molecule has 292 valence electrons. The number of carbonyl (C=O) groups is 2. The number of rotatable bonds is 5. The van der Waals surface area contributed by atoms with Crippen molar-refractivity contribution in [3.05, 3.63) is 11.1 Å². The number of nitrogens with one attached hydrogen (secondary N) is 1. The number of amides is 1. The molecule has 0 radical (unpaired) electrons. The molecule has 5 heterocycles. The summed E-state index contributed by atoms with van der Waals surface area (Å²) in [5.41, 5.74) is -3.65. The van der Waals surface area contributed by atoms with Crippen molar-refractivity contribution in [2.75, 3.05) is 26.9 Å². The van der Waals surface area contributed by atoms with E-state index in [0.29, 0.717) is 71.1 Å². The van der Waals surface area contributed by atoms with Crippen LogP contribution < -0.4 is 5.32 Å². The number of fused-ring (bicyclic) bond motifs is 4. The molecule has 11 heteroatoms. The predicted molar refractivity (Wildman–Crippen MR) is 193 cm³/mol. The molecule has 0 aromatic carbocycles. The highest BCUT2D eigenvalue weighted by atomic mass is 16.5. The fourth-order valence-electron chi connectivity index (χ4n) is 13.9. The third-order valence-electron chi connectivity index (χ3n) is 17.0. The number of Topliss-reactive ketones (excluding diaryl/α,β-unsaturated/α-hetero) is 1. The number of ketones is 1. The monoisotopic (exact) mass is 736 g/mol. The van der Waals surface area contributed by atoms with Crippen molar-refractivity contribution >= 4 is 11.7 Å². The molecule has 10 rings (SSSR count). The molecule has 0 unspecified atom stereocenters. The van der Waals surface area contributed by atoms with Crippen LogP contribution in [0.25, 0.3) is 0 Å². The van der Waals surface area contributed by atoms with E-state index in [1.807, 2.05) is 11.8 Å². The minimum atomic E-state index is -1.66. The molecular weight excluding hydrogens is 676 g/mol. The Bertz CT molecular complexity index is 1650. The maximum atomic E-state index is 14.9. The van der Waals surface area contributed by atoms with Crippen LogP contribution >= 0.6 is 0 Å². The molecule has 0 aromatic rings. The lowest BCUT2D eigenvalue weighted by Gasteiger charge is -2.67. The van der Waals surface area contributed by atoms with E-state index in [4.69, 9.17) is 14.2 Å². The van der Waals surface area contributed by atoms with Gasteiger partial charge in [0.25, 0.3) is 0 Å². The van der Waals surface area contributed by atoms with Gasteiger partial charge in [-0.05, 0) is 111 Å². The maximum absolute atomic E-state index is 14.9. The second-order valence-electron chi connectivity index (χ2n) is 19.2. The Morgan fingerprint density at radius 2 is 1.79 bits per heavy atom. The van der Waals surface area contributed by atoms with Crippen molar-refractivity contribution < 1.29 is 44.2 Å². The van der Waals surface area contributed by atoms with Crippen LogP contribution in [0.3, 0.4) is 0 Å². The van der Waals surface area contributed by atoms with Crippen molar-refractivity contribution in [3.63, 3.8) is 0 Å². The van der Waals surface area contributed by atoms with Crippen LogP contribution in [0.15, 0.2) is 11.1 Å². The van der Waals surface area contributed by atoms with E-state index in [-0.39, 0.29) is 47.5 Å². The molecule has 6 fully saturated rings. The minimum absolute atomic E-state index is 0.0331. The third kappa shape index (κ3) is 4.82. The van der Waals surface area contributed by atoms with Gasteiger partial charge in [-0.25, -0.2) is 0 Å². The molecule has 11 nitrogen and oxygen atoms in total. The van der Waals surface area contributed by atoms with Crippen molar-refractivity contribution in [3.8, 4) is 11.8 Å². The molecule has 5 N–H and O–H groups in total. The molecule has 17 atom stereocenters. The quantitative estimate of drug-likeness (QED) is 0.162. The lowest BCUT2D eigenvalue weighted by atomic mass is 9.37. The number of piperidine rings is 1. The second-order valence-corrected chi connectivity index (χ2v) is 19.2. The zero-order valence-electron chi connectivity index (χ0n) is 32.1. The van der Waals surface area contributed by atoms with E-state index < -0.39 is 63.9 Å². The third-order valence-corrected chi connectivity index (χ3v) is 17.0. The molecule has 7 bridgehead atoms. The summed E-state index contributed by atoms with van der Waals surface area (Å²) in [6.45, 7) is 9.81. The fraction of sp³-hybridized carbons (Fsp3) is 0.857. The number of methoxy groups -OCH3 is 1. The largest absolute Gasteiger partial charge is 0.387 e. The van der Waals surface area contributed by atoms with Gasteiger partial charge in [-0.2, -0.15) is 0 Å². The lowest BCUT2D eigenvalue weighted by Crippen LogP contribution is -2.69. The Morgan fingerprint density at radius 1 is 1.00 bits per heavy atom. The first-order valence-electron chi connectivity index (χ1n) is 20.6. The van der Waals surface area contributed by atoms with Crippen molar-refractivity contribution in [2.45, 2.75) is 152 Å². The van der Waals surface area contributed by atoms with Crippen LogP contribution in [0.4, 0.5) is 0 Å². The SMILES string of the molecule is COCCCO[C@H]1CC[C@@]2(C)[C@@H](C1)C(=O)C1=C3[C@@]24C#CC[C@H]2CN2C(=O)[C@@H]2C[C@@H]5[C@@H](C)[C@H](O[C@@H]5[C@H](O)N2)[C@@H](O)[C@@](C)(O)[C@H]2C[C@H](CC1)[C@]3(O)[C@]2(C)CC4. The zero-order valence-corrected chi connectivity index (χ0v) is 32.1. The summed E-state index contributed by atoms with van der Waals surface area (Å²) in [4.78, 5) is 30.6. The van der Waals surface area contributed by atoms with Gasteiger partial charge < -0.3 is 39.5 Å². The first-order chi connectivity index (χ1) is 25.1. The Kier molecular flexibility index (Phi) is 8.53. The number of ether oxygens (including phenoxy) is 3. The van der Waals surface area contributed by atoms with Gasteiger partial charge >= 0.3 is 0 Å². The predicted octanol–water partition coefficient (Wildman–Crippen LogP) is 2.47. The van der Waals surface area contributed by atoms with Crippen molar-refractivity contribution in [1.29, 1.82) is 0 Å². The van der Waals surface area contributed by atoms with Crippen LogP contribution in [-0.2, 0) is 23.8 Å². The average molecular weight is 737 g/mol. The molecule has 1 amide bonds. The number of aliphatic hydroxyl groups is 4. The summed E-state index contributed by atoms with van der Waals surface area (Å²) in [5, 5.41) is 52.9. The lowest BCUT2D eigenvalue weighted by molar-refractivity contribution is -0.208. The van der Waals surface area contributed by atoms with Gasteiger partial charge in [0, 0.05) is 44.6 Å². The van der Waals surface area contributed by atoms with Crippen molar-refractivity contribution in [2.24, 2.45) is 45.8 Å². The van der Waals surface area contributed by atoms with Gasteiger partial charge in [-0.1, -0.05) is 26.7 Å². The van der Waals surface area contributed by atoms with Crippen LogP contribution in [-0.4, -0.2) is 118 Å². The van der Waals surface area contributed by atoms with Crippen LogP contribution in [0.2, 0.25) is 0 Å². The van der Waals surface area contributed by atoms with E-state index in [1.165, 1.54) is 0 Å². The second kappa shape index (κ2) is 12.3. The first-order valence-corrected chi connectivity index (χ1v) is 20.6. The van der Waals surface area contributed by atoms with Crippen LogP contribution in [0.1, 0.15) is 98.3 Å². The number of hydrogen-bond acceptors (Lipinski definition) is 10. The summed E-state index contributed by atoms with van der Waals surface area (Å²) < 4.78 is 18.0. The number of hydrogen-bond donors (Lipinski definition) is 5. The van der Waals surface area contributed by atoms with Gasteiger partial charge in [0.05, 0.1) is 40.9 Å². The molecule has 5 aliphatic heterocycles. The maximum Gasteiger partial charge on any atom is 0.240 e. The van der Waals surface area contributed by atoms with E-state index >= 15 is 0 Å². The first kappa shape index (κ1) is 36.7. The normalized spacial score (nSPS) is 53.9. The van der Waals surface area contributed by atoms with Gasteiger partial charge in [-0.3, -0.25) is 14.9 Å². The molecule has 10 aliphatic rings. The number of aliphatic hydroxyl groups excluding tert-OH is 2. The zero-order chi connectivity index (χ0) is 37.5. The van der Waals surface area contributed by atoms with E-state index in [9.17, 15) is 30.0 Å². The highest BCUT2D eigenvalue weighted by Crippen LogP contribution is 2.77. The summed E-state index contributed by atoms with van der Waals surface area (Å²) in [6, 6.07) is -0.610. The van der Waals surface area contributed by atoms with Crippen LogP contribution in [0, 0.1) is 57.7 Å². The molecule has 0 aromatic heterocycles. The van der Waals surface area contributed by atoms with E-state index in [1.54, 1.807) is 14.0 Å². The topological polar surface area (TPSA) is 158 Å². The average Bonchev–Trinajstić information content (AvgIpc) is 3.76. The van der Waals surface area contributed by atoms with Crippen molar-refractivity contribution in [1.82, 2.24) is 10.2 Å². The molecule has 53 heavy (non-hydrogen) atoms. The molecule has 5 aliphatic carbocycles.